The van der Waals surface area contributed by atoms with Gasteiger partial charge in [0, 0.05) is 37.7 Å². The number of anilines is 1. The van der Waals surface area contributed by atoms with E-state index in [1.165, 1.54) is 0 Å². The minimum atomic E-state index is -0.120. The quantitative estimate of drug-likeness (QED) is 0.889. The molecule has 2 aromatic heterocycles. The van der Waals surface area contributed by atoms with Crippen LogP contribution in [-0.4, -0.2) is 53.0 Å². The number of nitrogens with one attached hydrogen (secondary N) is 1. The molecule has 1 saturated heterocycles. The third-order valence-corrected chi connectivity index (χ3v) is 3.74. The number of rotatable bonds is 5. The van der Waals surface area contributed by atoms with Crippen LogP contribution in [0.3, 0.4) is 0 Å². The van der Waals surface area contributed by atoms with Gasteiger partial charge in [0.25, 0.3) is 5.91 Å². The van der Waals surface area contributed by atoms with Crippen molar-refractivity contribution in [2.24, 2.45) is 0 Å². The van der Waals surface area contributed by atoms with Crippen molar-refractivity contribution in [3.8, 4) is 0 Å². The fourth-order valence-corrected chi connectivity index (χ4v) is 2.54. The molecule has 0 aromatic carbocycles. The Morgan fingerprint density at radius 1 is 1.39 bits per heavy atom. The lowest BCUT2D eigenvalue weighted by atomic mass is 10.2. The number of nitrogens with zero attached hydrogens (tertiary/aromatic N) is 4. The van der Waals surface area contributed by atoms with Crippen LogP contribution < -0.4 is 10.2 Å². The van der Waals surface area contributed by atoms with Crippen molar-refractivity contribution < 1.29 is 9.53 Å². The van der Waals surface area contributed by atoms with Crippen LogP contribution in [0, 0.1) is 0 Å². The Morgan fingerprint density at radius 2 is 2.22 bits per heavy atom. The van der Waals surface area contributed by atoms with Crippen molar-refractivity contribution in [2.45, 2.75) is 19.5 Å². The number of hydrogen-bond donors (Lipinski definition) is 1. The molecule has 1 amide bonds. The maximum Gasteiger partial charge on any atom is 0.253 e. The highest BCUT2D eigenvalue weighted by molar-refractivity contribution is 5.94. The minimum absolute atomic E-state index is 0.0127. The predicted octanol–water partition coefficient (Wildman–Crippen LogP) is 0.933. The average molecular weight is 315 g/mol. The Balaban J connectivity index is 1.56. The average Bonchev–Trinajstić information content (AvgIpc) is 3.08. The molecular weight excluding hydrogens is 294 g/mol. The molecule has 1 aliphatic rings. The largest absolute Gasteiger partial charge is 0.378 e. The second kappa shape index (κ2) is 7.23. The van der Waals surface area contributed by atoms with E-state index in [0.717, 1.165) is 32.1 Å². The van der Waals surface area contributed by atoms with Crippen LogP contribution in [0.25, 0.3) is 0 Å². The Labute approximate surface area is 135 Å². The molecule has 0 bridgehead atoms. The van der Waals surface area contributed by atoms with Gasteiger partial charge in [0.2, 0.25) is 0 Å². The number of pyridine rings is 1. The second-order valence-electron chi connectivity index (χ2n) is 5.61. The van der Waals surface area contributed by atoms with Gasteiger partial charge in [-0.1, -0.05) is 0 Å². The fourth-order valence-electron chi connectivity index (χ4n) is 2.54. The first-order chi connectivity index (χ1) is 11.2. The standard InChI is InChI=1S/C16H21N5O2/c1-13(12-21-6-2-5-18-21)19-16(22)14-3-4-15(17-11-14)20-7-9-23-10-8-20/h2-6,11,13H,7-10,12H2,1H3,(H,19,22). The zero-order chi connectivity index (χ0) is 16.1. The van der Waals surface area contributed by atoms with Crippen LogP contribution >= 0.6 is 0 Å². The van der Waals surface area contributed by atoms with E-state index in [1.807, 2.05) is 31.3 Å². The summed E-state index contributed by atoms with van der Waals surface area (Å²) in [6.45, 7) is 5.69. The lowest BCUT2D eigenvalue weighted by Crippen LogP contribution is -2.37. The van der Waals surface area contributed by atoms with Crippen LogP contribution in [-0.2, 0) is 11.3 Å². The van der Waals surface area contributed by atoms with Crippen LogP contribution in [0.4, 0.5) is 5.82 Å². The van der Waals surface area contributed by atoms with E-state index in [-0.39, 0.29) is 11.9 Å². The Morgan fingerprint density at radius 3 is 2.87 bits per heavy atom. The molecule has 0 spiro atoms. The predicted molar refractivity (Wildman–Crippen MR) is 86.4 cm³/mol. The van der Waals surface area contributed by atoms with Crippen molar-refractivity contribution in [1.82, 2.24) is 20.1 Å². The zero-order valence-corrected chi connectivity index (χ0v) is 13.2. The number of ether oxygens (including phenoxy) is 1. The summed E-state index contributed by atoms with van der Waals surface area (Å²) in [5.74, 6) is 0.764. The minimum Gasteiger partial charge on any atom is -0.378 e. The van der Waals surface area contributed by atoms with E-state index in [2.05, 4.69) is 20.3 Å². The summed E-state index contributed by atoms with van der Waals surface area (Å²) in [5.41, 5.74) is 0.564. The molecule has 7 heteroatoms. The van der Waals surface area contributed by atoms with Gasteiger partial charge in [0.15, 0.2) is 0 Å². The van der Waals surface area contributed by atoms with Gasteiger partial charge in [-0.3, -0.25) is 9.48 Å². The Hall–Kier alpha value is -2.41. The molecule has 1 N–H and O–H groups in total. The summed E-state index contributed by atoms with van der Waals surface area (Å²) < 4.78 is 7.13. The first-order valence-corrected chi connectivity index (χ1v) is 7.79. The highest BCUT2D eigenvalue weighted by Gasteiger charge is 2.14. The highest BCUT2D eigenvalue weighted by Crippen LogP contribution is 2.13. The number of carbonyl (C=O) groups excluding carboxylic acids is 1. The normalized spacial score (nSPS) is 16.1. The summed E-state index contributed by atoms with van der Waals surface area (Å²) in [7, 11) is 0. The first kappa shape index (κ1) is 15.5. The highest BCUT2D eigenvalue weighted by atomic mass is 16.5. The summed E-state index contributed by atoms with van der Waals surface area (Å²) in [5, 5.41) is 7.10. The second-order valence-corrected chi connectivity index (χ2v) is 5.61. The first-order valence-electron chi connectivity index (χ1n) is 7.79. The summed E-state index contributed by atoms with van der Waals surface area (Å²) in [6, 6.07) is 5.55. The fraction of sp³-hybridized carbons (Fsp3) is 0.438. The molecule has 23 heavy (non-hydrogen) atoms. The Kier molecular flexibility index (Phi) is 4.87. The smallest absolute Gasteiger partial charge is 0.253 e. The van der Waals surface area contributed by atoms with Gasteiger partial charge >= 0.3 is 0 Å². The summed E-state index contributed by atoms with van der Waals surface area (Å²) in [6.07, 6.45) is 5.23. The van der Waals surface area contributed by atoms with E-state index >= 15 is 0 Å². The van der Waals surface area contributed by atoms with Crippen LogP contribution in [0.1, 0.15) is 17.3 Å². The van der Waals surface area contributed by atoms with Gasteiger partial charge in [-0.2, -0.15) is 5.10 Å². The molecule has 3 rings (SSSR count). The van der Waals surface area contributed by atoms with Gasteiger partial charge in [0.05, 0.1) is 25.3 Å². The lowest BCUT2D eigenvalue weighted by molar-refractivity contribution is 0.0935. The molecule has 1 fully saturated rings. The summed E-state index contributed by atoms with van der Waals surface area (Å²) in [4.78, 5) is 18.8. The maximum absolute atomic E-state index is 12.3. The molecule has 7 nitrogen and oxygen atoms in total. The third kappa shape index (κ3) is 4.07. The summed E-state index contributed by atoms with van der Waals surface area (Å²) >= 11 is 0. The molecule has 0 radical (unpaired) electrons. The van der Waals surface area contributed by atoms with Crippen LogP contribution in [0.5, 0.6) is 0 Å². The molecule has 1 aliphatic heterocycles. The molecule has 3 heterocycles. The molecule has 0 saturated carbocycles. The lowest BCUT2D eigenvalue weighted by Gasteiger charge is -2.27. The van der Waals surface area contributed by atoms with Gasteiger partial charge in [-0.25, -0.2) is 4.98 Å². The van der Waals surface area contributed by atoms with Crippen molar-refractivity contribution in [3.63, 3.8) is 0 Å². The third-order valence-electron chi connectivity index (χ3n) is 3.74. The maximum atomic E-state index is 12.3. The molecule has 0 aliphatic carbocycles. The van der Waals surface area contributed by atoms with E-state index < -0.39 is 0 Å². The molecule has 122 valence electrons. The monoisotopic (exact) mass is 315 g/mol. The molecule has 1 unspecified atom stereocenters. The van der Waals surface area contributed by atoms with Crippen molar-refractivity contribution in [2.75, 3.05) is 31.2 Å². The number of aromatic nitrogens is 3. The molecular formula is C16H21N5O2. The molecule has 2 aromatic rings. The van der Waals surface area contributed by atoms with Gasteiger partial charge < -0.3 is 15.0 Å². The van der Waals surface area contributed by atoms with E-state index in [9.17, 15) is 4.79 Å². The molecule has 1 atom stereocenters. The Bertz CT molecular complexity index is 620. The topological polar surface area (TPSA) is 72.3 Å². The number of morpholine rings is 1. The van der Waals surface area contributed by atoms with E-state index in [1.54, 1.807) is 17.1 Å². The van der Waals surface area contributed by atoms with Crippen LogP contribution in [0.15, 0.2) is 36.8 Å². The van der Waals surface area contributed by atoms with Gasteiger partial charge in [-0.05, 0) is 25.1 Å². The van der Waals surface area contributed by atoms with Gasteiger partial charge in [0.1, 0.15) is 5.82 Å². The number of amides is 1. The number of hydrogen-bond acceptors (Lipinski definition) is 5. The number of carbonyl (C=O) groups is 1. The van der Waals surface area contributed by atoms with Gasteiger partial charge in [-0.15, -0.1) is 0 Å². The van der Waals surface area contributed by atoms with E-state index in [0.29, 0.717) is 12.1 Å². The zero-order valence-electron chi connectivity index (χ0n) is 13.2. The SMILES string of the molecule is CC(Cn1cccn1)NC(=O)c1ccc(N2CCOCC2)nc1. The van der Waals surface area contributed by atoms with Crippen molar-refractivity contribution in [3.05, 3.63) is 42.4 Å². The van der Waals surface area contributed by atoms with Crippen molar-refractivity contribution >= 4 is 11.7 Å². The van der Waals surface area contributed by atoms with Crippen LogP contribution in [0.2, 0.25) is 0 Å². The van der Waals surface area contributed by atoms with Crippen molar-refractivity contribution in [1.29, 1.82) is 0 Å². The van der Waals surface area contributed by atoms with E-state index in [4.69, 9.17) is 4.74 Å².